The van der Waals surface area contributed by atoms with E-state index in [0.717, 1.165) is 29.9 Å². The maximum Gasteiger partial charge on any atom is 0.216 e. The van der Waals surface area contributed by atoms with E-state index in [9.17, 15) is 0 Å². The van der Waals surface area contributed by atoms with Crippen molar-refractivity contribution in [1.29, 1.82) is 0 Å². The minimum Gasteiger partial charge on any atom is -0.493 e. The molecule has 0 amide bonds. The number of ether oxygens (including phenoxy) is 3. The number of nitrogens with zero attached hydrogens (tertiary/aromatic N) is 4. The average molecular weight is 442 g/mol. The lowest BCUT2D eigenvalue weighted by Crippen LogP contribution is -2.21. The van der Waals surface area contributed by atoms with Gasteiger partial charge in [-0.15, -0.1) is 0 Å². The standard InChI is InChI=1S/C22H27N5O3S/c1-6-26(7-2)17-10-8-16(9-11-17)21-24-25-22(31)27(21)23-14-15-12-18(28-3)20(30-5)19(13-15)29-4/h8-14H,6-7H2,1-5H3,(H,25,31). The van der Waals surface area contributed by atoms with Crippen LogP contribution in [-0.2, 0) is 0 Å². The minimum atomic E-state index is 0.395. The van der Waals surface area contributed by atoms with E-state index in [1.54, 1.807) is 32.2 Å². The largest absolute Gasteiger partial charge is 0.493 e. The van der Waals surface area contributed by atoms with Crippen LogP contribution in [0.3, 0.4) is 0 Å². The molecule has 0 atom stereocenters. The van der Waals surface area contributed by atoms with Gasteiger partial charge in [0.25, 0.3) is 0 Å². The van der Waals surface area contributed by atoms with E-state index < -0.39 is 0 Å². The van der Waals surface area contributed by atoms with E-state index in [1.165, 1.54) is 0 Å². The van der Waals surface area contributed by atoms with Gasteiger partial charge in [-0.25, -0.2) is 5.10 Å². The third-order valence-electron chi connectivity index (χ3n) is 4.91. The zero-order chi connectivity index (χ0) is 22.4. The number of anilines is 1. The molecule has 1 heterocycles. The molecular weight excluding hydrogens is 414 g/mol. The summed E-state index contributed by atoms with van der Waals surface area (Å²) < 4.78 is 18.2. The second kappa shape index (κ2) is 10.1. The average Bonchev–Trinajstić information content (AvgIpc) is 3.18. The summed E-state index contributed by atoms with van der Waals surface area (Å²) in [7, 11) is 4.71. The maximum absolute atomic E-state index is 5.41. The van der Waals surface area contributed by atoms with Crippen molar-refractivity contribution in [2.24, 2.45) is 5.10 Å². The number of rotatable bonds is 9. The second-order valence-electron chi connectivity index (χ2n) is 6.59. The molecule has 0 bridgehead atoms. The summed E-state index contributed by atoms with van der Waals surface area (Å²) in [5.74, 6) is 2.24. The molecule has 2 aromatic carbocycles. The molecule has 9 heteroatoms. The monoisotopic (exact) mass is 441 g/mol. The number of methoxy groups -OCH3 is 3. The van der Waals surface area contributed by atoms with Crippen molar-refractivity contribution in [3.63, 3.8) is 0 Å². The Morgan fingerprint density at radius 3 is 2.16 bits per heavy atom. The van der Waals surface area contributed by atoms with Crippen LogP contribution in [0, 0.1) is 4.77 Å². The highest BCUT2D eigenvalue weighted by Gasteiger charge is 2.13. The van der Waals surface area contributed by atoms with Crippen molar-refractivity contribution in [3.8, 4) is 28.6 Å². The van der Waals surface area contributed by atoms with Gasteiger partial charge in [0, 0.05) is 29.9 Å². The molecule has 1 aromatic heterocycles. The van der Waals surface area contributed by atoms with Gasteiger partial charge in [0.05, 0.1) is 27.5 Å². The van der Waals surface area contributed by atoms with E-state index in [1.807, 2.05) is 24.3 Å². The van der Waals surface area contributed by atoms with Crippen molar-refractivity contribution in [2.45, 2.75) is 13.8 Å². The fraction of sp³-hybridized carbons (Fsp3) is 0.318. The first kappa shape index (κ1) is 22.4. The number of benzene rings is 2. The molecule has 164 valence electrons. The van der Waals surface area contributed by atoms with Crippen molar-refractivity contribution in [3.05, 3.63) is 46.7 Å². The van der Waals surface area contributed by atoms with Gasteiger partial charge >= 0.3 is 0 Å². The molecule has 1 N–H and O–H groups in total. The third kappa shape index (κ3) is 4.72. The lowest BCUT2D eigenvalue weighted by atomic mass is 10.2. The van der Waals surface area contributed by atoms with Crippen molar-refractivity contribution in [1.82, 2.24) is 14.9 Å². The molecule has 0 spiro atoms. The smallest absolute Gasteiger partial charge is 0.216 e. The van der Waals surface area contributed by atoms with Crippen LogP contribution in [0.15, 0.2) is 41.5 Å². The van der Waals surface area contributed by atoms with Gasteiger partial charge in [-0.05, 0) is 62.5 Å². The van der Waals surface area contributed by atoms with Gasteiger partial charge in [0.2, 0.25) is 10.5 Å². The van der Waals surface area contributed by atoms with Crippen LogP contribution in [0.4, 0.5) is 5.69 Å². The first-order valence-electron chi connectivity index (χ1n) is 9.93. The highest BCUT2D eigenvalue weighted by Crippen LogP contribution is 2.37. The van der Waals surface area contributed by atoms with Crippen molar-refractivity contribution >= 4 is 24.1 Å². The Kier molecular flexibility index (Phi) is 7.30. The maximum atomic E-state index is 5.41. The van der Waals surface area contributed by atoms with Gasteiger partial charge in [-0.1, -0.05) is 0 Å². The molecule has 0 aliphatic heterocycles. The SMILES string of the molecule is CCN(CC)c1ccc(-c2n[nH]c(=S)n2N=Cc2cc(OC)c(OC)c(OC)c2)cc1. The predicted octanol–water partition coefficient (Wildman–Crippen LogP) is 4.36. The molecule has 3 aromatic rings. The number of aromatic nitrogens is 3. The first-order valence-corrected chi connectivity index (χ1v) is 10.3. The molecule has 8 nitrogen and oxygen atoms in total. The van der Waals surface area contributed by atoms with Crippen LogP contribution >= 0.6 is 12.2 Å². The Morgan fingerprint density at radius 1 is 1.03 bits per heavy atom. The van der Waals surface area contributed by atoms with E-state index in [-0.39, 0.29) is 0 Å². The van der Waals surface area contributed by atoms with Crippen LogP contribution in [0.1, 0.15) is 19.4 Å². The Morgan fingerprint density at radius 2 is 1.65 bits per heavy atom. The zero-order valence-corrected chi connectivity index (χ0v) is 19.2. The number of nitrogens with one attached hydrogen (secondary N) is 1. The highest BCUT2D eigenvalue weighted by atomic mass is 32.1. The van der Waals surface area contributed by atoms with Crippen molar-refractivity contribution < 1.29 is 14.2 Å². The molecule has 3 rings (SSSR count). The van der Waals surface area contributed by atoms with Crippen LogP contribution in [0.2, 0.25) is 0 Å². The molecule has 0 aliphatic rings. The molecular formula is C22H27N5O3S. The van der Waals surface area contributed by atoms with Gasteiger partial charge in [0.15, 0.2) is 17.3 Å². The summed E-state index contributed by atoms with van der Waals surface area (Å²) in [6.45, 7) is 6.18. The lowest BCUT2D eigenvalue weighted by molar-refractivity contribution is 0.324. The Hall–Kier alpha value is -3.33. The Balaban J connectivity index is 1.95. The van der Waals surface area contributed by atoms with Gasteiger partial charge < -0.3 is 19.1 Å². The van der Waals surface area contributed by atoms with Crippen LogP contribution in [-0.4, -0.2) is 55.5 Å². The van der Waals surface area contributed by atoms with E-state index >= 15 is 0 Å². The fourth-order valence-corrected chi connectivity index (χ4v) is 3.48. The predicted molar refractivity (Wildman–Crippen MR) is 125 cm³/mol. The topological polar surface area (TPSA) is 76.9 Å². The molecule has 0 saturated carbocycles. The van der Waals surface area contributed by atoms with Gasteiger partial charge in [-0.2, -0.15) is 14.9 Å². The number of H-pyrrole nitrogens is 1. The van der Waals surface area contributed by atoms with Gasteiger partial charge in [-0.3, -0.25) is 0 Å². The van der Waals surface area contributed by atoms with E-state index in [2.05, 4.69) is 46.2 Å². The molecule has 0 radical (unpaired) electrons. The Labute approximate surface area is 187 Å². The summed E-state index contributed by atoms with van der Waals surface area (Å²) in [5.41, 5.74) is 2.83. The summed E-state index contributed by atoms with van der Waals surface area (Å²) in [4.78, 5) is 2.28. The molecule has 0 saturated heterocycles. The number of hydrogen-bond donors (Lipinski definition) is 1. The van der Waals surface area contributed by atoms with E-state index in [4.69, 9.17) is 26.4 Å². The lowest BCUT2D eigenvalue weighted by Gasteiger charge is -2.21. The first-order chi connectivity index (χ1) is 15.1. The molecule has 31 heavy (non-hydrogen) atoms. The van der Waals surface area contributed by atoms with Gasteiger partial charge in [0.1, 0.15) is 0 Å². The van der Waals surface area contributed by atoms with Crippen LogP contribution < -0.4 is 19.1 Å². The van der Waals surface area contributed by atoms with Crippen molar-refractivity contribution in [2.75, 3.05) is 39.3 Å². The number of aromatic amines is 1. The third-order valence-corrected chi connectivity index (χ3v) is 5.18. The second-order valence-corrected chi connectivity index (χ2v) is 6.97. The molecule has 0 fully saturated rings. The zero-order valence-electron chi connectivity index (χ0n) is 18.4. The highest BCUT2D eigenvalue weighted by molar-refractivity contribution is 7.71. The summed E-state index contributed by atoms with van der Waals surface area (Å²) in [5, 5.41) is 11.7. The normalized spacial score (nSPS) is 11.0. The summed E-state index contributed by atoms with van der Waals surface area (Å²) in [6, 6.07) is 11.8. The van der Waals surface area contributed by atoms with E-state index in [0.29, 0.717) is 27.8 Å². The van der Waals surface area contributed by atoms with Crippen LogP contribution in [0.25, 0.3) is 11.4 Å². The van der Waals surface area contributed by atoms with Crippen LogP contribution in [0.5, 0.6) is 17.2 Å². The number of hydrogen-bond acceptors (Lipinski definition) is 7. The minimum absolute atomic E-state index is 0.395. The molecule has 0 aliphatic carbocycles. The summed E-state index contributed by atoms with van der Waals surface area (Å²) >= 11 is 5.38. The quantitative estimate of drug-likeness (QED) is 0.393. The Bertz CT molecular complexity index is 1080. The fourth-order valence-electron chi connectivity index (χ4n) is 3.30. The molecule has 0 unspecified atom stereocenters. The summed E-state index contributed by atoms with van der Waals surface area (Å²) in [6.07, 6.45) is 1.67.